The molecule has 0 aliphatic rings. The predicted molar refractivity (Wildman–Crippen MR) is 71.1 cm³/mol. The van der Waals surface area contributed by atoms with Crippen molar-refractivity contribution in [2.24, 2.45) is 0 Å². The number of carbonyl (C=O) groups excluding carboxylic acids is 2. The van der Waals surface area contributed by atoms with Crippen molar-refractivity contribution in [2.45, 2.75) is 26.1 Å². The third kappa shape index (κ3) is 6.91. The smallest absolute Gasteiger partial charge is 0.407 e. The molecular formula is C13H16F3N3O3. The average Bonchev–Trinajstić information content (AvgIpc) is 2.44. The Labute approximate surface area is 125 Å². The standard InChI is InChI=1S/C13H16F3N3O3/c1-2-22-12(21)19-8-10-7-9(3-5-17-10)11(20)18-6-4-13(14,15)16/h3,5,7H,2,4,6,8H2,1H3,(H,18,20)(H,19,21). The van der Waals surface area contributed by atoms with Crippen molar-refractivity contribution in [3.05, 3.63) is 29.6 Å². The lowest BCUT2D eigenvalue weighted by Gasteiger charge is -2.09. The van der Waals surface area contributed by atoms with Crippen molar-refractivity contribution >= 4 is 12.0 Å². The number of alkyl carbamates (subject to hydrolysis) is 1. The van der Waals surface area contributed by atoms with E-state index < -0.39 is 31.1 Å². The monoisotopic (exact) mass is 319 g/mol. The molecule has 9 heteroatoms. The highest BCUT2D eigenvalue weighted by Gasteiger charge is 2.26. The predicted octanol–water partition coefficient (Wildman–Crippen LogP) is 2.01. The van der Waals surface area contributed by atoms with Crippen LogP contribution in [0.15, 0.2) is 18.3 Å². The lowest BCUT2D eigenvalue weighted by atomic mass is 10.2. The van der Waals surface area contributed by atoms with E-state index in [0.29, 0.717) is 5.69 Å². The Bertz CT molecular complexity index is 521. The van der Waals surface area contributed by atoms with Gasteiger partial charge < -0.3 is 15.4 Å². The zero-order valence-electron chi connectivity index (χ0n) is 11.9. The molecule has 0 aliphatic carbocycles. The number of alkyl halides is 3. The van der Waals surface area contributed by atoms with Crippen LogP contribution in [0.3, 0.4) is 0 Å². The number of nitrogens with zero attached hydrogens (tertiary/aromatic N) is 1. The Morgan fingerprint density at radius 2 is 2.05 bits per heavy atom. The molecule has 122 valence electrons. The van der Waals surface area contributed by atoms with Gasteiger partial charge in [-0.2, -0.15) is 13.2 Å². The molecule has 1 aromatic rings. The number of rotatable bonds is 6. The second-order valence-electron chi connectivity index (χ2n) is 4.23. The van der Waals surface area contributed by atoms with Crippen LogP contribution in [0, 0.1) is 0 Å². The van der Waals surface area contributed by atoms with Crippen LogP contribution in [-0.2, 0) is 11.3 Å². The van der Waals surface area contributed by atoms with Gasteiger partial charge in [0.25, 0.3) is 5.91 Å². The van der Waals surface area contributed by atoms with Gasteiger partial charge in [0.15, 0.2) is 0 Å². The number of nitrogens with one attached hydrogen (secondary N) is 2. The number of hydrogen-bond acceptors (Lipinski definition) is 4. The minimum absolute atomic E-state index is 0.0442. The van der Waals surface area contributed by atoms with E-state index in [1.54, 1.807) is 6.92 Å². The van der Waals surface area contributed by atoms with Crippen LogP contribution in [0.4, 0.5) is 18.0 Å². The molecule has 0 saturated carbocycles. The topological polar surface area (TPSA) is 80.3 Å². The van der Waals surface area contributed by atoms with Gasteiger partial charge in [0, 0.05) is 18.3 Å². The fraction of sp³-hybridized carbons (Fsp3) is 0.462. The normalized spacial score (nSPS) is 10.9. The SMILES string of the molecule is CCOC(=O)NCc1cc(C(=O)NCCC(F)(F)F)ccn1. The van der Waals surface area contributed by atoms with Crippen LogP contribution < -0.4 is 10.6 Å². The maximum Gasteiger partial charge on any atom is 0.407 e. The summed E-state index contributed by atoms with van der Waals surface area (Å²) in [5.74, 6) is -0.635. The fourth-order valence-corrected chi connectivity index (χ4v) is 1.48. The van der Waals surface area contributed by atoms with E-state index in [1.165, 1.54) is 18.3 Å². The van der Waals surface area contributed by atoms with Gasteiger partial charge >= 0.3 is 12.3 Å². The van der Waals surface area contributed by atoms with Crippen molar-refractivity contribution in [3.63, 3.8) is 0 Å². The van der Waals surface area contributed by atoms with Gasteiger partial charge in [0.2, 0.25) is 0 Å². The molecule has 2 N–H and O–H groups in total. The van der Waals surface area contributed by atoms with Crippen molar-refractivity contribution in [3.8, 4) is 0 Å². The highest BCUT2D eigenvalue weighted by Crippen LogP contribution is 2.18. The highest BCUT2D eigenvalue weighted by molar-refractivity contribution is 5.94. The molecule has 1 aromatic heterocycles. The Hall–Kier alpha value is -2.32. The van der Waals surface area contributed by atoms with Crippen LogP contribution in [-0.4, -0.2) is 36.3 Å². The Balaban J connectivity index is 2.52. The van der Waals surface area contributed by atoms with Crippen molar-refractivity contribution in [2.75, 3.05) is 13.2 Å². The average molecular weight is 319 g/mol. The summed E-state index contributed by atoms with van der Waals surface area (Å²) in [6.45, 7) is 1.42. The maximum atomic E-state index is 12.0. The molecule has 0 spiro atoms. The van der Waals surface area contributed by atoms with Gasteiger partial charge in [0.1, 0.15) is 0 Å². The summed E-state index contributed by atoms with van der Waals surface area (Å²) in [4.78, 5) is 26.8. The van der Waals surface area contributed by atoms with E-state index >= 15 is 0 Å². The molecule has 1 rings (SSSR count). The van der Waals surface area contributed by atoms with Crippen LogP contribution in [0.1, 0.15) is 29.4 Å². The van der Waals surface area contributed by atoms with Gasteiger partial charge in [-0.05, 0) is 19.1 Å². The zero-order valence-corrected chi connectivity index (χ0v) is 11.9. The molecule has 0 radical (unpaired) electrons. The molecule has 0 unspecified atom stereocenters. The van der Waals surface area contributed by atoms with Gasteiger partial charge in [-0.25, -0.2) is 4.79 Å². The molecular weight excluding hydrogens is 303 g/mol. The quantitative estimate of drug-likeness (QED) is 0.840. The van der Waals surface area contributed by atoms with Crippen LogP contribution in [0.25, 0.3) is 0 Å². The van der Waals surface area contributed by atoms with E-state index in [4.69, 9.17) is 0 Å². The third-order valence-electron chi connectivity index (χ3n) is 2.46. The molecule has 2 amide bonds. The number of aromatic nitrogens is 1. The molecule has 6 nitrogen and oxygen atoms in total. The van der Waals surface area contributed by atoms with Crippen LogP contribution in [0.2, 0.25) is 0 Å². The van der Waals surface area contributed by atoms with Crippen molar-refractivity contribution < 1.29 is 27.5 Å². The van der Waals surface area contributed by atoms with E-state index in [-0.39, 0.29) is 18.7 Å². The summed E-state index contributed by atoms with van der Waals surface area (Å²) in [7, 11) is 0. The number of carbonyl (C=O) groups is 2. The van der Waals surface area contributed by atoms with Gasteiger partial charge in [-0.3, -0.25) is 9.78 Å². The molecule has 0 saturated heterocycles. The highest BCUT2D eigenvalue weighted by atomic mass is 19.4. The van der Waals surface area contributed by atoms with Crippen LogP contribution >= 0.6 is 0 Å². The lowest BCUT2D eigenvalue weighted by Crippen LogP contribution is -2.28. The van der Waals surface area contributed by atoms with E-state index in [0.717, 1.165) is 0 Å². The Kier molecular flexibility index (Phi) is 6.61. The number of ether oxygens (including phenoxy) is 1. The first-order chi connectivity index (χ1) is 10.3. The second-order valence-corrected chi connectivity index (χ2v) is 4.23. The van der Waals surface area contributed by atoms with E-state index in [1.807, 2.05) is 0 Å². The van der Waals surface area contributed by atoms with Crippen molar-refractivity contribution in [1.82, 2.24) is 15.6 Å². The summed E-state index contributed by atoms with van der Waals surface area (Å²) in [5, 5.41) is 4.59. The molecule has 0 aromatic carbocycles. The molecule has 0 fully saturated rings. The number of amides is 2. The minimum atomic E-state index is -4.32. The van der Waals surface area contributed by atoms with E-state index in [2.05, 4.69) is 20.4 Å². The summed E-state index contributed by atoms with van der Waals surface area (Å²) >= 11 is 0. The number of pyridine rings is 1. The van der Waals surface area contributed by atoms with E-state index in [9.17, 15) is 22.8 Å². The molecule has 0 aliphatic heterocycles. The van der Waals surface area contributed by atoms with Crippen molar-refractivity contribution in [1.29, 1.82) is 0 Å². The molecule has 0 atom stereocenters. The third-order valence-corrected chi connectivity index (χ3v) is 2.46. The number of halogens is 3. The van der Waals surface area contributed by atoms with Gasteiger partial charge in [-0.15, -0.1) is 0 Å². The van der Waals surface area contributed by atoms with Gasteiger partial charge in [-0.1, -0.05) is 0 Å². The zero-order chi connectivity index (χ0) is 16.6. The molecule has 1 heterocycles. The van der Waals surface area contributed by atoms with Crippen LogP contribution in [0.5, 0.6) is 0 Å². The number of hydrogen-bond donors (Lipinski definition) is 2. The molecule has 22 heavy (non-hydrogen) atoms. The summed E-state index contributed by atoms with van der Waals surface area (Å²) in [6.07, 6.45) is -4.70. The first kappa shape index (κ1) is 17.7. The largest absolute Gasteiger partial charge is 0.450 e. The molecule has 0 bridgehead atoms. The first-order valence-electron chi connectivity index (χ1n) is 6.52. The first-order valence-corrected chi connectivity index (χ1v) is 6.52. The maximum absolute atomic E-state index is 12.0. The summed E-state index contributed by atoms with van der Waals surface area (Å²) < 4.78 is 40.7. The lowest BCUT2D eigenvalue weighted by molar-refractivity contribution is -0.132. The Morgan fingerprint density at radius 3 is 2.68 bits per heavy atom. The fourth-order valence-electron chi connectivity index (χ4n) is 1.48. The minimum Gasteiger partial charge on any atom is -0.450 e. The van der Waals surface area contributed by atoms with Gasteiger partial charge in [0.05, 0.1) is 25.3 Å². The second kappa shape index (κ2) is 8.20. The summed E-state index contributed by atoms with van der Waals surface area (Å²) in [6, 6.07) is 2.76. The summed E-state index contributed by atoms with van der Waals surface area (Å²) in [5.41, 5.74) is 0.550. The Morgan fingerprint density at radius 1 is 1.32 bits per heavy atom.